The van der Waals surface area contributed by atoms with Gasteiger partial charge in [0.25, 0.3) is 0 Å². The van der Waals surface area contributed by atoms with Gasteiger partial charge >= 0.3 is 5.97 Å². The van der Waals surface area contributed by atoms with Crippen molar-refractivity contribution >= 4 is 17.6 Å². The third-order valence-electron chi connectivity index (χ3n) is 5.56. The zero-order chi connectivity index (χ0) is 22.2. The van der Waals surface area contributed by atoms with Crippen LogP contribution in [0.2, 0.25) is 5.02 Å². The number of nitrogens with zero attached hydrogens (tertiary/aromatic N) is 3. The molecule has 31 heavy (non-hydrogen) atoms. The first-order valence-electron chi connectivity index (χ1n) is 10.7. The van der Waals surface area contributed by atoms with Crippen LogP contribution in [-0.2, 0) is 30.7 Å². The number of unbranched alkanes of at least 4 members (excludes halogenated alkanes) is 1. The van der Waals surface area contributed by atoms with Gasteiger partial charge in [-0.2, -0.15) is 0 Å². The fourth-order valence-electron chi connectivity index (χ4n) is 3.74. The summed E-state index contributed by atoms with van der Waals surface area (Å²) in [6, 6.07) is 16.9. The summed E-state index contributed by atoms with van der Waals surface area (Å²) in [5.74, 6) is 0.190. The molecule has 3 rings (SSSR count). The lowest BCUT2D eigenvalue weighted by atomic mass is 10.0. The largest absolute Gasteiger partial charge is 0.480 e. The van der Waals surface area contributed by atoms with Gasteiger partial charge < -0.3 is 9.67 Å². The van der Waals surface area contributed by atoms with Crippen molar-refractivity contribution in [2.24, 2.45) is 0 Å². The Kier molecular flexibility index (Phi) is 8.27. The fourth-order valence-corrected chi connectivity index (χ4v) is 3.93. The summed E-state index contributed by atoms with van der Waals surface area (Å²) < 4.78 is 2.19. The normalized spacial score (nSPS) is 12.3. The summed E-state index contributed by atoms with van der Waals surface area (Å²) in [6.45, 7) is 3.28. The van der Waals surface area contributed by atoms with Gasteiger partial charge in [0.2, 0.25) is 0 Å². The Balaban J connectivity index is 1.84. The highest BCUT2D eigenvalue weighted by Gasteiger charge is 2.24. The van der Waals surface area contributed by atoms with Crippen molar-refractivity contribution in [1.82, 2.24) is 14.5 Å². The van der Waals surface area contributed by atoms with E-state index in [0.717, 1.165) is 46.9 Å². The van der Waals surface area contributed by atoms with Gasteiger partial charge in [0.1, 0.15) is 11.9 Å². The number of carboxylic acids is 1. The van der Waals surface area contributed by atoms with Gasteiger partial charge in [-0.05, 0) is 37.1 Å². The van der Waals surface area contributed by atoms with Gasteiger partial charge in [-0.3, -0.25) is 9.69 Å². The van der Waals surface area contributed by atoms with Crippen molar-refractivity contribution in [2.75, 3.05) is 7.05 Å². The zero-order valence-electron chi connectivity index (χ0n) is 18.2. The van der Waals surface area contributed by atoms with Crippen LogP contribution in [0.3, 0.4) is 0 Å². The first-order chi connectivity index (χ1) is 15.0. The van der Waals surface area contributed by atoms with Crippen LogP contribution in [0.5, 0.6) is 0 Å². The predicted molar refractivity (Wildman–Crippen MR) is 124 cm³/mol. The number of rotatable bonds is 11. The molecule has 1 N–H and O–H groups in total. The van der Waals surface area contributed by atoms with Crippen molar-refractivity contribution in [2.45, 2.75) is 51.7 Å². The van der Waals surface area contributed by atoms with E-state index in [0.29, 0.717) is 19.5 Å². The second-order valence-electron chi connectivity index (χ2n) is 7.91. The van der Waals surface area contributed by atoms with E-state index < -0.39 is 12.0 Å². The van der Waals surface area contributed by atoms with Crippen molar-refractivity contribution in [1.29, 1.82) is 0 Å². The van der Waals surface area contributed by atoms with Gasteiger partial charge in [-0.25, -0.2) is 4.98 Å². The summed E-state index contributed by atoms with van der Waals surface area (Å²) >= 11 is 6.42. The van der Waals surface area contributed by atoms with Crippen LogP contribution < -0.4 is 0 Å². The van der Waals surface area contributed by atoms with E-state index >= 15 is 0 Å². The summed E-state index contributed by atoms with van der Waals surface area (Å²) in [5.41, 5.74) is 3.03. The van der Waals surface area contributed by atoms with Crippen LogP contribution in [-0.4, -0.2) is 38.6 Å². The number of hydrogen-bond acceptors (Lipinski definition) is 3. The molecule has 1 unspecified atom stereocenters. The van der Waals surface area contributed by atoms with Gasteiger partial charge in [-0.15, -0.1) is 0 Å². The van der Waals surface area contributed by atoms with Crippen LogP contribution in [0.15, 0.2) is 60.8 Å². The van der Waals surface area contributed by atoms with E-state index in [4.69, 9.17) is 11.6 Å². The molecule has 0 amide bonds. The molecule has 1 aromatic heterocycles. The molecule has 0 aliphatic carbocycles. The maximum absolute atomic E-state index is 12.0. The van der Waals surface area contributed by atoms with E-state index in [1.165, 1.54) is 0 Å². The summed E-state index contributed by atoms with van der Waals surface area (Å²) in [7, 11) is 1.86. The van der Waals surface area contributed by atoms with Crippen LogP contribution in [0.4, 0.5) is 0 Å². The standard InChI is InChI=1S/C25H30ClN3O2/c1-3-4-14-24-27-16-21(29(24)17-20-12-8-9-13-22(20)26)18-28(2)23(25(30)31)15-19-10-6-5-7-11-19/h5-13,16,23H,3-4,14-15,17-18H2,1-2H3,(H,30,31). The fraction of sp³-hybridized carbons (Fsp3) is 0.360. The second kappa shape index (κ2) is 11.1. The van der Waals surface area contributed by atoms with Crippen LogP contribution in [0.25, 0.3) is 0 Å². The molecule has 0 radical (unpaired) electrons. The molecule has 0 bridgehead atoms. The topological polar surface area (TPSA) is 58.4 Å². The van der Waals surface area contributed by atoms with E-state index in [2.05, 4.69) is 16.5 Å². The maximum Gasteiger partial charge on any atom is 0.321 e. The molecular weight excluding hydrogens is 410 g/mol. The predicted octanol–water partition coefficient (Wildman–Crippen LogP) is 5.06. The molecule has 2 aromatic carbocycles. The second-order valence-corrected chi connectivity index (χ2v) is 8.31. The molecule has 0 saturated carbocycles. The number of halogens is 1. The number of carboxylic acid groups (broad SMARTS) is 1. The molecule has 0 fully saturated rings. The number of aryl methyl sites for hydroxylation is 1. The molecule has 5 nitrogen and oxygen atoms in total. The van der Waals surface area contributed by atoms with Gasteiger partial charge in [0, 0.05) is 24.2 Å². The molecule has 1 heterocycles. The Morgan fingerprint density at radius 1 is 1.16 bits per heavy atom. The number of likely N-dealkylation sites (N-methyl/N-ethyl adjacent to an activating group) is 1. The minimum absolute atomic E-state index is 0.452. The third-order valence-corrected chi connectivity index (χ3v) is 5.93. The number of benzene rings is 2. The van der Waals surface area contributed by atoms with E-state index in [1.807, 2.05) is 72.7 Å². The zero-order valence-corrected chi connectivity index (χ0v) is 18.9. The SMILES string of the molecule is CCCCc1ncc(CN(C)C(Cc2ccccc2)C(=O)O)n1Cc1ccccc1Cl. The molecule has 164 valence electrons. The monoisotopic (exact) mass is 439 g/mol. The number of aromatic nitrogens is 2. The highest BCUT2D eigenvalue weighted by Crippen LogP contribution is 2.21. The molecule has 1 atom stereocenters. The first-order valence-corrected chi connectivity index (χ1v) is 11.1. The number of aliphatic carboxylic acids is 1. The lowest BCUT2D eigenvalue weighted by Crippen LogP contribution is -2.40. The Hall–Kier alpha value is -2.63. The Morgan fingerprint density at radius 3 is 2.55 bits per heavy atom. The number of imidazole rings is 1. The average Bonchev–Trinajstić information content (AvgIpc) is 3.13. The summed E-state index contributed by atoms with van der Waals surface area (Å²) in [4.78, 5) is 18.6. The first kappa shape index (κ1) is 23.0. The van der Waals surface area contributed by atoms with Crippen LogP contribution in [0.1, 0.15) is 42.4 Å². The molecule has 0 aliphatic heterocycles. The van der Waals surface area contributed by atoms with E-state index in [1.54, 1.807) is 0 Å². The third kappa shape index (κ3) is 6.18. The minimum Gasteiger partial charge on any atom is -0.480 e. The van der Waals surface area contributed by atoms with Crippen LogP contribution >= 0.6 is 11.6 Å². The Labute approximate surface area is 189 Å². The van der Waals surface area contributed by atoms with Gasteiger partial charge in [-0.1, -0.05) is 73.5 Å². The number of hydrogen-bond donors (Lipinski definition) is 1. The maximum atomic E-state index is 12.0. The molecule has 0 spiro atoms. The molecule has 0 saturated heterocycles. The summed E-state index contributed by atoms with van der Waals surface area (Å²) in [6.07, 6.45) is 5.36. The van der Waals surface area contributed by atoms with Crippen molar-refractivity contribution in [3.05, 3.63) is 88.5 Å². The Bertz CT molecular complexity index is 987. The average molecular weight is 440 g/mol. The molecule has 6 heteroatoms. The van der Waals surface area contributed by atoms with E-state index in [9.17, 15) is 9.90 Å². The van der Waals surface area contributed by atoms with Gasteiger partial charge in [0.05, 0.1) is 12.2 Å². The van der Waals surface area contributed by atoms with Gasteiger partial charge in [0.15, 0.2) is 0 Å². The lowest BCUT2D eigenvalue weighted by molar-refractivity contribution is -0.143. The minimum atomic E-state index is -0.824. The molecule has 3 aromatic rings. The number of carbonyl (C=O) groups is 1. The van der Waals surface area contributed by atoms with Crippen molar-refractivity contribution < 1.29 is 9.90 Å². The quantitative estimate of drug-likeness (QED) is 0.454. The summed E-state index contributed by atoms with van der Waals surface area (Å²) in [5, 5.41) is 10.6. The smallest absolute Gasteiger partial charge is 0.321 e. The Morgan fingerprint density at radius 2 is 1.87 bits per heavy atom. The van der Waals surface area contributed by atoms with Crippen LogP contribution in [0, 0.1) is 0 Å². The van der Waals surface area contributed by atoms with E-state index in [-0.39, 0.29) is 0 Å². The van der Waals surface area contributed by atoms with Crippen molar-refractivity contribution in [3.8, 4) is 0 Å². The molecule has 0 aliphatic rings. The highest BCUT2D eigenvalue weighted by molar-refractivity contribution is 6.31. The highest BCUT2D eigenvalue weighted by atomic mass is 35.5. The molecular formula is C25H30ClN3O2. The van der Waals surface area contributed by atoms with Crippen molar-refractivity contribution in [3.63, 3.8) is 0 Å². The lowest BCUT2D eigenvalue weighted by Gasteiger charge is -2.25.